The van der Waals surface area contributed by atoms with Gasteiger partial charge in [-0.25, -0.2) is 4.68 Å². The lowest BCUT2D eigenvalue weighted by Crippen LogP contribution is -2.49. The van der Waals surface area contributed by atoms with E-state index in [-0.39, 0.29) is 43.0 Å². The quantitative estimate of drug-likeness (QED) is 0.448. The van der Waals surface area contributed by atoms with Gasteiger partial charge in [0.25, 0.3) is 5.91 Å². The summed E-state index contributed by atoms with van der Waals surface area (Å²) in [5.41, 5.74) is 2.00. The molecule has 2 heterocycles. The standard InChI is InChI=1S/C26H33N7O4/c1-18-12-33(19(2)16-34)26(36)22-11-21(28-25(35)15-32-17-27-29-30-32)9-10-23(22)37-24(18)14-31(3)13-20-7-5-4-6-8-20/h4-11,17-19,24,34H,12-16H2,1-3H3,(H,28,35)/t18-,19+,24+/m0/s1. The van der Waals surface area contributed by atoms with Gasteiger partial charge >= 0.3 is 0 Å². The third kappa shape index (κ3) is 6.69. The second-order valence-electron chi connectivity index (χ2n) is 9.57. The average Bonchev–Trinajstić information content (AvgIpc) is 3.39. The van der Waals surface area contributed by atoms with Crippen molar-refractivity contribution < 1.29 is 19.4 Å². The molecule has 0 unspecified atom stereocenters. The van der Waals surface area contributed by atoms with Crippen molar-refractivity contribution >= 4 is 17.5 Å². The van der Waals surface area contributed by atoms with Gasteiger partial charge in [-0.2, -0.15) is 0 Å². The molecule has 2 N–H and O–H groups in total. The van der Waals surface area contributed by atoms with Crippen LogP contribution in [0.25, 0.3) is 0 Å². The molecule has 2 amide bonds. The maximum absolute atomic E-state index is 13.6. The Labute approximate surface area is 216 Å². The summed E-state index contributed by atoms with van der Waals surface area (Å²) in [5, 5.41) is 23.4. The first-order valence-electron chi connectivity index (χ1n) is 12.3. The Morgan fingerprint density at radius 2 is 2.05 bits per heavy atom. The van der Waals surface area contributed by atoms with Crippen molar-refractivity contribution in [1.29, 1.82) is 0 Å². The zero-order valence-corrected chi connectivity index (χ0v) is 21.3. The van der Waals surface area contributed by atoms with Gasteiger partial charge < -0.3 is 20.1 Å². The fourth-order valence-electron chi connectivity index (χ4n) is 4.39. The first kappa shape index (κ1) is 26.2. The summed E-state index contributed by atoms with van der Waals surface area (Å²) < 4.78 is 7.75. The van der Waals surface area contributed by atoms with Gasteiger partial charge in [0.1, 0.15) is 24.7 Å². The summed E-state index contributed by atoms with van der Waals surface area (Å²) in [5.74, 6) is -0.125. The van der Waals surface area contributed by atoms with Gasteiger partial charge in [-0.15, -0.1) is 5.10 Å². The fraction of sp³-hybridized carbons (Fsp3) is 0.423. The van der Waals surface area contributed by atoms with Crippen LogP contribution in [0.15, 0.2) is 54.9 Å². The monoisotopic (exact) mass is 507 g/mol. The van der Waals surface area contributed by atoms with Crippen molar-refractivity contribution in [2.45, 2.75) is 39.1 Å². The molecule has 0 saturated heterocycles. The highest BCUT2D eigenvalue weighted by Gasteiger charge is 2.33. The molecule has 1 aliphatic heterocycles. The van der Waals surface area contributed by atoms with Gasteiger partial charge in [0.2, 0.25) is 5.91 Å². The number of benzene rings is 2. The largest absolute Gasteiger partial charge is 0.488 e. The number of tetrazole rings is 1. The van der Waals surface area contributed by atoms with E-state index in [0.29, 0.717) is 30.1 Å². The van der Waals surface area contributed by atoms with Gasteiger partial charge in [-0.05, 0) is 48.2 Å². The van der Waals surface area contributed by atoms with E-state index >= 15 is 0 Å². The van der Waals surface area contributed by atoms with Gasteiger partial charge in [0.15, 0.2) is 0 Å². The van der Waals surface area contributed by atoms with E-state index in [9.17, 15) is 14.7 Å². The molecule has 0 aliphatic carbocycles. The summed E-state index contributed by atoms with van der Waals surface area (Å²) in [6.07, 6.45) is 1.15. The van der Waals surface area contributed by atoms with Crippen LogP contribution in [0, 0.1) is 5.92 Å². The Balaban J connectivity index is 1.57. The minimum Gasteiger partial charge on any atom is -0.488 e. The highest BCUT2D eigenvalue weighted by atomic mass is 16.5. The van der Waals surface area contributed by atoms with Crippen molar-refractivity contribution in [2.24, 2.45) is 5.92 Å². The van der Waals surface area contributed by atoms with E-state index in [1.54, 1.807) is 23.1 Å². The molecule has 0 bridgehead atoms. The predicted molar refractivity (Wildman–Crippen MR) is 137 cm³/mol. The first-order valence-corrected chi connectivity index (χ1v) is 12.3. The average molecular weight is 508 g/mol. The molecule has 196 valence electrons. The number of likely N-dealkylation sites (N-methyl/N-ethyl adjacent to an activating group) is 1. The van der Waals surface area contributed by atoms with Crippen molar-refractivity contribution in [3.05, 3.63) is 66.0 Å². The number of ether oxygens (including phenoxy) is 1. The van der Waals surface area contributed by atoms with Crippen LogP contribution in [0.4, 0.5) is 5.69 Å². The van der Waals surface area contributed by atoms with Crippen LogP contribution >= 0.6 is 0 Å². The summed E-state index contributed by atoms with van der Waals surface area (Å²) in [4.78, 5) is 29.9. The molecule has 4 rings (SSSR count). The molecule has 1 aromatic heterocycles. The molecular weight excluding hydrogens is 474 g/mol. The molecule has 37 heavy (non-hydrogen) atoms. The molecule has 1 aliphatic rings. The maximum atomic E-state index is 13.6. The number of aliphatic hydroxyl groups excluding tert-OH is 1. The van der Waals surface area contributed by atoms with Crippen LogP contribution in [-0.4, -0.2) is 85.8 Å². The third-order valence-electron chi connectivity index (χ3n) is 6.43. The van der Waals surface area contributed by atoms with Crippen molar-refractivity contribution in [2.75, 3.05) is 32.1 Å². The van der Waals surface area contributed by atoms with E-state index in [1.165, 1.54) is 16.6 Å². The molecule has 0 saturated carbocycles. The second kappa shape index (κ2) is 11.9. The number of aliphatic hydroxyl groups is 1. The number of fused-ring (bicyclic) bond motifs is 1. The molecule has 3 aromatic rings. The summed E-state index contributed by atoms with van der Waals surface area (Å²) >= 11 is 0. The lowest BCUT2D eigenvalue weighted by Gasteiger charge is -2.38. The number of nitrogens with one attached hydrogen (secondary N) is 1. The number of rotatable bonds is 9. The number of carbonyl (C=O) groups excluding carboxylic acids is 2. The van der Waals surface area contributed by atoms with Crippen LogP contribution in [0.3, 0.4) is 0 Å². The summed E-state index contributed by atoms with van der Waals surface area (Å²) in [7, 11) is 2.05. The van der Waals surface area contributed by atoms with Gasteiger partial charge in [0, 0.05) is 31.2 Å². The predicted octanol–water partition coefficient (Wildman–Crippen LogP) is 1.66. The minimum absolute atomic E-state index is 0.0139. The van der Waals surface area contributed by atoms with Crippen molar-refractivity contribution in [3.63, 3.8) is 0 Å². The number of aromatic nitrogens is 4. The second-order valence-corrected chi connectivity index (χ2v) is 9.57. The lowest BCUT2D eigenvalue weighted by atomic mass is 9.99. The van der Waals surface area contributed by atoms with Crippen molar-refractivity contribution in [1.82, 2.24) is 30.0 Å². The number of nitrogens with zero attached hydrogens (tertiary/aromatic N) is 6. The number of amides is 2. The van der Waals surface area contributed by atoms with Crippen LogP contribution < -0.4 is 10.1 Å². The number of anilines is 1. The molecular formula is C26H33N7O4. The van der Waals surface area contributed by atoms with Gasteiger partial charge in [-0.1, -0.05) is 37.3 Å². The van der Waals surface area contributed by atoms with E-state index < -0.39 is 0 Å². The minimum atomic E-state index is -0.373. The van der Waals surface area contributed by atoms with Gasteiger partial charge in [0.05, 0.1) is 18.2 Å². The molecule has 2 aromatic carbocycles. The normalized spacial score (nSPS) is 18.5. The molecule has 0 fully saturated rings. The molecule has 0 radical (unpaired) electrons. The third-order valence-corrected chi connectivity index (χ3v) is 6.43. The van der Waals surface area contributed by atoms with E-state index in [0.717, 1.165) is 6.54 Å². The Bertz CT molecular complexity index is 1190. The first-order chi connectivity index (χ1) is 17.8. The van der Waals surface area contributed by atoms with E-state index in [1.807, 2.05) is 32.2 Å². The van der Waals surface area contributed by atoms with E-state index in [2.05, 4.69) is 44.8 Å². The molecule has 3 atom stereocenters. The maximum Gasteiger partial charge on any atom is 0.258 e. The zero-order chi connectivity index (χ0) is 26.4. The van der Waals surface area contributed by atoms with Crippen LogP contribution in [0.2, 0.25) is 0 Å². The summed E-state index contributed by atoms with van der Waals surface area (Å²) in [6, 6.07) is 14.9. The zero-order valence-electron chi connectivity index (χ0n) is 21.3. The SMILES string of the molecule is C[C@H](CO)N1C[C@H](C)[C@@H](CN(C)Cc2ccccc2)Oc2ccc(NC(=O)Cn3cnnn3)cc2C1=O. The molecule has 11 nitrogen and oxygen atoms in total. The fourth-order valence-corrected chi connectivity index (χ4v) is 4.39. The topological polar surface area (TPSA) is 126 Å². The Hall–Kier alpha value is -3.83. The van der Waals surface area contributed by atoms with E-state index in [4.69, 9.17) is 4.74 Å². The van der Waals surface area contributed by atoms with Crippen LogP contribution in [-0.2, 0) is 17.9 Å². The lowest BCUT2D eigenvalue weighted by molar-refractivity contribution is -0.116. The number of carbonyl (C=O) groups is 2. The highest BCUT2D eigenvalue weighted by molar-refractivity contribution is 5.99. The van der Waals surface area contributed by atoms with Crippen LogP contribution in [0.5, 0.6) is 5.75 Å². The number of hydrogen-bond acceptors (Lipinski definition) is 8. The molecule has 11 heteroatoms. The Morgan fingerprint density at radius 1 is 1.27 bits per heavy atom. The highest BCUT2D eigenvalue weighted by Crippen LogP contribution is 2.30. The number of hydrogen-bond donors (Lipinski definition) is 2. The Morgan fingerprint density at radius 3 is 2.76 bits per heavy atom. The Kier molecular flexibility index (Phi) is 8.47. The van der Waals surface area contributed by atoms with Gasteiger partial charge in [-0.3, -0.25) is 14.5 Å². The molecule has 0 spiro atoms. The summed E-state index contributed by atoms with van der Waals surface area (Å²) in [6.45, 7) is 5.51. The van der Waals surface area contributed by atoms with Crippen LogP contribution in [0.1, 0.15) is 29.8 Å². The smallest absolute Gasteiger partial charge is 0.258 e. The van der Waals surface area contributed by atoms with Crippen molar-refractivity contribution in [3.8, 4) is 5.75 Å².